The molecule has 2 heterocycles. The van der Waals surface area contributed by atoms with Crippen molar-refractivity contribution >= 4 is 11.9 Å². The Hall–Kier alpha value is -1.10. The van der Waals surface area contributed by atoms with Crippen molar-refractivity contribution in [2.24, 2.45) is 11.8 Å². The number of carbonyl (C=O) groups is 2. The van der Waals surface area contributed by atoms with E-state index >= 15 is 0 Å². The lowest BCUT2D eigenvalue weighted by Gasteiger charge is -2.32. The fraction of sp³-hybridized carbons (Fsp3) is 0.833. The van der Waals surface area contributed by atoms with Crippen molar-refractivity contribution in [1.29, 1.82) is 0 Å². The van der Waals surface area contributed by atoms with Gasteiger partial charge in [-0.05, 0) is 38.8 Å². The van der Waals surface area contributed by atoms with Crippen LogP contribution in [0.4, 0.5) is 0 Å². The maximum absolute atomic E-state index is 12.1. The second-order valence-electron chi connectivity index (χ2n) is 5.31. The zero-order chi connectivity index (χ0) is 12.6. The first kappa shape index (κ1) is 12.4. The smallest absolute Gasteiger partial charge is 0.326 e. The highest BCUT2D eigenvalue weighted by Crippen LogP contribution is 2.34. The minimum Gasteiger partial charge on any atom is -0.480 e. The van der Waals surface area contributed by atoms with Crippen LogP contribution in [0.1, 0.15) is 19.3 Å². The summed E-state index contributed by atoms with van der Waals surface area (Å²) in [5.74, 6) is -0.637. The molecule has 0 radical (unpaired) electrons. The number of piperidine rings is 1. The van der Waals surface area contributed by atoms with Crippen LogP contribution in [0.25, 0.3) is 0 Å². The highest BCUT2D eigenvalue weighted by Gasteiger charge is 2.45. The molecule has 3 unspecified atom stereocenters. The van der Waals surface area contributed by atoms with Crippen LogP contribution in [0.5, 0.6) is 0 Å². The fourth-order valence-corrected chi connectivity index (χ4v) is 3.11. The lowest BCUT2D eigenvalue weighted by molar-refractivity contribution is -0.145. The van der Waals surface area contributed by atoms with Crippen molar-refractivity contribution in [1.82, 2.24) is 9.80 Å². The number of carboxylic acids is 1. The standard InChI is InChI=1S/C12H20N2O3/c1-13-5-3-4-8(7-13)9-6-10(12(16)17)14(2)11(9)15/h8-10H,3-7H2,1-2H3,(H,16,17). The number of likely N-dealkylation sites (N-methyl/N-ethyl adjacent to an activating group) is 1. The molecule has 0 saturated carbocycles. The number of carbonyl (C=O) groups excluding carboxylic acids is 1. The Labute approximate surface area is 101 Å². The van der Waals surface area contributed by atoms with Crippen LogP contribution in [0, 0.1) is 11.8 Å². The first-order valence-electron chi connectivity index (χ1n) is 6.18. The number of nitrogens with zero attached hydrogens (tertiary/aromatic N) is 2. The van der Waals surface area contributed by atoms with E-state index < -0.39 is 12.0 Å². The molecule has 0 aromatic rings. The minimum absolute atomic E-state index is 0.0118. The molecule has 3 atom stereocenters. The number of amides is 1. The van der Waals surface area contributed by atoms with E-state index in [9.17, 15) is 9.59 Å². The van der Waals surface area contributed by atoms with Crippen LogP contribution < -0.4 is 0 Å². The monoisotopic (exact) mass is 240 g/mol. The molecular weight excluding hydrogens is 220 g/mol. The number of likely N-dealkylation sites (tertiary alicyclic amines) is 2. The fourth-order valence-electron chi connectivity index (χ4n) is 3.11. The normalized spacial score (nSPS) is 35.3. The van der Waals surface area contributed by atoms with Crippen molar-refractivity contribution in [3.63, 3.8) is 0 Å². The second-order valence-corrected chi connectivity index (χ2v) is 5.31. The molecule has 96 valence electrons. The Balaban J connectivity index is 2.07. The van der Waals surface area contributed by atoms with Gasteiger partial charge in [0.05, 0.1) is 0 Å². The Morgan fingerprint density at radius 1 is 1.41 bits per heavy atom. The molecule has 2 aliphatic heterocycles. The molecule has 5 heteroatoms. The summed E-state index contributed by atoms with van der Waals surface area (Å²) in [6.07, 6.45) is 2.62. The van der Waals surface area contributed by atoms with Crippen LogP contribution in [0.15, 0.2) is 0 Å². The van der Waals surface area contributed by atoms with Gasteiger partial charge in [-0.15, -0.1) is 0 Å². The van der Waals surface area contributed by atoms with E-state index in [2.05, 4.69) is 11.9 Å². The summed E-state index contributed by atoms with van der Waals surface area (Å²) in [4.78, 5) is 26.8. The van der Waals surface area contributed by atoms with Crippen LogP contribution in [0.3, 0.4) is 0 Å². The average Bonchev–Trinajstić information content (AvgIpc) is 2.56. The molecule has 2 saturated heterocycles. The predicted molar refractivity (Wildman–Crippen MR) is 62.5 cm³/mol. The molecule has 0 spiro atoms. The summed E-state index contributed by atoms with van der Waals surface area (Å²) in [5, 5.41) is 9.07. The van der Waals surface area contributed by atoms with E-state index in [0.717, 1.165) is 25.9 Å². The zero-order valence-corrected chi connectivity index (χ0v) is 10.4. The van der Waals surface area contributed by atoms with E-state index in [1.165, 1.54) is 4.90 Å². The van der Waals surface area contributed by atoms with Crippen molar-refractivity contribution in [2.45, 2.75) is 25.3 Å². The highest BCUT2D eigenvalue weighted by molar-refractivity contribution is 5.89. The number of rotatable bonds is 2. The molecule has 1 amide bonds. The molecule has 5 nitrogen and oxygen atoms in total. The number of aliphatic carboxylic acids is 1. The number of hydrogen-bond acceptors (Lipinski definition) is 3. The summed E-state index contributed by atoms with van der Waals surface area (Å²) < 4.78 is 0. The van der Waals surface area contributed by atoms with Gasteiger partial charge in [0, 0.05) is 19.5 Å². The first-order chi connectivity index (χ1) is 8.00. The Kier molecular flexibility index (Phi) is 3.38. The third-order valence-electron chi connectivity index (χ3n) is 4.12. The van der Waals surface area contributed by atoms with E-state index in [1.807, 2.05) is 0 Å². The number of carboxylic acid groups (broad SMARTS) is 1. The Bertz CT molecular complexity index is 332. The summed E-state index contributed by atoms with van der Waals surface area (Å²) in [7, 11) is 3.66. The molecule has 2 aliphatic rings. The lowest BCUT2D eigenvalue weighted by atomic mass is 9.83. The molecule has 17 heavy (non-hydrogen) atoms. The summed E-state index contributed by atoms with van der Waals surface area (Å²) in [6.45, 7) is 1.99. The van der Waals surface area contributed by atoms with E-state index in [-0.39, 0.29) is 11.8 Å². The molecule has 0 aromatic heterocycles. The van der Waals surface area contributed by atoms with Gasteiger partial charge >= 0.3 is 5.97 Å². The molecule has 0 aliphatic carbocycles. The molecule has 2 rings (SSSR count). The molecule has 2 fully saturated rings. The van der Waals surface area contributed by atoms with Crippen LogP contribution in [-0.2, 0) is 9.59 Å². The van der Waals surface area contributed by atoms with Gasteiger partial charge in [0.1, 0.15) is 6.04 Å². The van der Waals surface area contributed by atoms with Crippen LogP contribution in [0.2, 0.25) is 0 Å². The van der Waals surface area contributed by atoms with Gasteiger partial charge in [-0.25, -0.2) is 4.79 Å². The molecule has 0 aromatic carbocycles. The topological polar surface area (TPSA) is 60.9 Å². The van der Waals surface area contributed by atoms with Gasteiger partial charge in [-0.3, -0.25) is 4.79 Å². The van der Waals surface area contributed by atoms with Gasteiger partial charge in [-0.1, -0.05) is 0 Å². The van der Waals surface area contributed by atoms with Crippen LogP contribution >= 0.6 is 0 Å². The largest absolute Gasteiger partial charge is 0.480 e. The van der Waals surface area contributed by atoms with Gasteiger partial charge in [0.25, 0.3) is 0 Å². The van der Waals surface area contributed by atoms with E-state index in [1.54, 1.807) is 7.05 Å². The molecule has 0 bridgehead atoms. The highest BCUT2D eigenvalue weighted by atomic mass is 16.4. The van der Waals surface area contributed by atoms with Gasteiger partial charge in [-0.2, -0.15) is 0 Å². The van der Waals surface area contributed by atoms with E-state index in [4.69, 9.17) is 5.11 Å². The van der Waals surface area contributed by atoms with Crippen LogP contribution in [-0.4, -0.2) is 60.0 Å². The van der Waals surface area contributed by atoms with Crippen molar-refractivity contribution < 1.29 is 14.7 Å². The third-order valence-corrected chi connectivity index (χ3v) is 4.12. The zero-order valence-electron chi connectivity index (χ0n) is 10.4. The number of hydrogen-bond donors (Lipinski definition) is 1. The lowest BCUT2D eigenvalue weighted by Crippen LogP contribution is -2.39. The van der Waals surface area contributed by atoms with Crippen molar-refractivity contribution in [3.05, 3.63) is 0 Å². The second kappa shape index (κ2) is 4.64. The predicted octanol–water partition coefficient (Wildman–Crippen LogP) is 0.260. The van der Waals surface area contributed by atoms with E-state index in [0.29, 0.717) is 12.3 Å². The minimum atomic E-state index is -0.882. The molecular formula is C12H20N2O3. The Morgan fingerprint density at radius 2 is 2.12 bits per heavy atom. The maximum Gasteiger partial charge on any atom is 0.326 e. The van der Waals surface area contributed by atoms with Crippen molar-refractivity contribution in [2.75, 3.05) is 27.2 Å². The molecule has 1 N–H and O–H groups in total. The quantitative estimate of drug-likeness (QED) is 0.752. The van der Waals surface area contributed by atoms with Gasteiger partial charge < -0.3 is 14.9 Å². The van der Waals surface area contributed by atoms with Crippen molar-refractivity contribution in [3.8, 4) is 0 Å². The first-order valence-corrected chi connectivity index (χ1v) is 6.18. The maximum atomic E-state index is 12.1. The SMILES string of the molecule is CN1CCCC(C2CC(C(=O)O)N(C)C2=O)C1. The summed E-state index contributed by atoms with van der Waals surface area (Å²) >= 11 is 0. The van der Waals surface area contributed by atoms with Gasteiger partial charge in [0.2, 0.25) is 5.91 Å². The third kappa shape index (κ3) is 2.29. The average molecular weight is 240 g/mol. The Morgan fingerprint density at radius 3 is 2.65 bits per heavy atom. The summed E-state index contributed by atoms with van der Waals surface area (Å²) in [6, 6.07) is -0.625. The summed E-state index contributed by atoms with van der Waals surface area (Å²) in [5.41, 5.74) is 0. The van der Waals surface area contributed by atoms with Gasteiger partial charge in [0.15, 0.2) is 0 Å².